The largest absolute Gasteiger partial charge is 0.375 e. The van der Waals surface area contributed by atoms with E-state index in [1.54, 1.807) is 17.0 Å². The third kappa shape index (κ3) is 3.78. The van der Waals surface area contributed by atoms with Gasteiger partial charge in [-0.3, -0.25) is 9.52 Å². The maximum absolute atomic E-state index is 12.5. The first-order chi connectivity index (χ1) is 11.9. The SMILES string of the molecule is COCC(=O)N1CCc2ccc(NS(=O)(=O)c3ccc(Cl)cc3)cc21. The Labute approximate surface area is 151 Å². The quantitative estimate of drug-likeness (QED) is 0.865. The molecule has 132 valence electrons. The van der Waals surface area contributed by atoms with Gasteiger partial charge in [0.1, 0.15) is 6.61 Å². The summed E-state index contributed by atoms with van der Waals surface area (Å²) in [5.74, 6) is -0.154. The average Bonchev–Trinajstić information content (AvgIpc) is 2.98. The van der Waals surface area contributed by atoms with E-state index in [0.29, 0.717) is 22.9 Å². The van der Waals surface area contributed by atoms with E-state index in [1.807, 2.05) is 6.07 Å². The van der Waals surface area contributed by atoms with Crippen LogP contribution in [0.15, 0.2) is 47.4 Å². The van der Waals surface area contributed by atoms with Gasteiger partial charge in [-0.25, -0.2) is 8.42 Å². The van der Waals surface area contributed by atoms with Crippen LogP contribution in [0.3, 0.4) is 0 Å². The first kappa shape index (κ1) is 17.7. The molecule has 25 heavy (non-hydrogen) atoms. The molecule has 3 rings (SSSR count). The number of carbonyl (C=O) groups excluding carboxylic acids is 1. The fraction of sp³-hybridized carbons (Fsp3) is 0.235. The van der Waals surface area contributed by atoms with E-state index in [4.69, 9.17) is 16.3 Å². The Balaban J connectivity index is 1.86. The van der Waals surface area contributed by atoms with Crippen LogP contribution < -0.4 is 9.62 Å². The van der Waals surface area contributed by atoms with Gasteiger partial charge in [-0.05, 0) is 48.4 Å². The molecule has 1 aliphatic rings. The fourth-order valence-corrected chi connectivity index (χ4v) is 3.91. The molecule has 1 N–H and O–H groups in total. The Bertz CT molecular complexity index is 897. The third-order valence-corrected chi connectivity index (χ3v) is 5.58. The lowest BCUT2D eigenvalue weighted by molar-refractivity contribution is -0.122. The summed E-state index contributed by atoms with van der Waals surface area (Å²) in [6.45, 7) is 0.547. The van der Waals surface area contributed by atoms with Crippen molar-refractivity contribution in [3.8, 4) is 0 Å². The van der Waals surface area contributed by atoms with Gasteiger partial charge in [0.05, 0.1) is 10.6 Å². The normalized spacial score (nSPS) is 13.6. The van der Waals surface area contributed by atoms with Crippen molar-refractivity contribution in [1.29, 1.82) is 0 Å². The van der Waals surface area contributed by atoms with Crippen molar-refractivity contribution in [3.05, 3.63) is 53.1 Å². The number of ether oxygens (including phenoxy) is 1. The van der Waals surface area contributed by atoms with Crippen LogP contribution in [0.25, 0.3) is 0 Å². The lowest BCUT2D eigenvalue weighted by Gasteiger charge is -2.18. The highest BCUT2D eigenvalue weighted by atomic mass is 35.5. The lowest BCUT2D eigenvalue weighted by Crippen LogP contribution is -2.32. The molecule has 0 saturated carbocycles. The number of fused-ring (bicyclic) bond motifs is 1. The van der Waals surface area contributed by atoms with Crippen LogP contribution in [0.4, 0.5) is 11.4 Å². The minimum Gasteiger partial charge on any atom is -0.375 e. The molecule has 0 bridgehead atoms. The van der Waals surface area contributed by atoms with Gasteiger partial charge in [0.25, 0.3) is 15.9 Å². The van der Waals surface area contributed by atoms with Crippen LogP contribution in [0, 0.1) is 0 Å². The summed E-state index contributed by atoms with van der Waals surface area (Å²) in [7, 11) is -2.27. The maximum atomic E-state index is 12.5. The zero-order valence-electron chi connectivity index (χ0n) is 13.5. The molecule has 0 aliphatic carbocycles. The van der Waals surface area contributed by atoms with Crippen molar-refractivity contribution in [2.45, 2.75) is 11.3 Å². The number of nitrogens with zero attached hydrogens (tertiary/aromatic N) is 1. The Kier molecular flexibility index (Phi) is 4.99. The zero-order chi connectivity index (χ0) is 18.0. The van der Waals surface area contributed by atoms with E-state index in [2.05, 4.69) is 4.72 Å². The van der Waals surface area contributed by atoms with Crippen LogP contribution >= 0.6 is 11.6 Å². The molecule has 0 radical (unpaired) electrons. The van der Waals surface area contributed by atoms with Gasteiger partial charge in [-0.15, -0.1) is 0 Å². The highest BCUT2D eigenvalue weighted by Crippen LogP contribution is 2.31. The van der Waals surface area contributed by atoms with E-state index >= 15 is 0 Å². The fourth-order valence-electron chi connectivity index (χ4n) is 2.73. The molecule has 0 fully saturated rings. The van der Waals surface area contributed by atoms with Gasteiger partial charge in [-0.1, -0.05) is 17.7 Å². The van der Waals surface area contributed by atoms with Crippen LogP contribution in [0.2, 0.25) is 5.02 Å². The molecular formula is C17H17ClN2O4S. The highest BCUT2D eigenvalue weighted by Gasteiger charge is 2.25. The van der Waals surface area contributed by atoms with Crippen LogP contribution in [0.1, 0.15) is 5.56 Å². The predicted molar refractivity (Wildman–Crippen MR) is 96.6 cm³/mol. The Morgan fingerprint density at radius 2 is 1.96 bits per heavy atom. The first-order valence-corrected chi connectivity index (χ1v) is 9.47. The Morgan fingerprint density at radius 3 is 2.64 bits per heavy atom. The number of halogens is 1. The smallest absolute Gasteiger partial charge is 0.261 e. The molecular weight excluding hydrogens is 364 g/mol. The number of amides is 1. The van der Waals surface area contributed by atoms with Crippen molar-refractivity contribution >= 4 is 38.9 Å². The van der Waals surface area contributed by atoms with Gasteiger partial charge >= 0.3 is 0 Å². The second-order valence-corrected chi connectivity index (χ2v) is 7.75. The third-order valence-electron chi connectivity index (χ3n) is 3.93. The predicted octanol–water partition coefficient (Wildman–Crippen LogP) is 2.68. The minimum atomic E-state index is -3.73. The first-order valence-electron chi connectivity index (χ1n) is 7.61. The molecule has 1 heterocycles. The van der Waals surface area contributed by atoms with E-state index in [1.165, 1.54) is 31.4 Å². The number of sulfonamides is 1. The number of hydrogen-bond acceptors (Lipinski definition) is 4. The van der Waals surface area contributed by atoms with Gasteiger partial charge < -0.3 is 9.64 Å². The standard InChI is InChI=1S/C17H17ClN2O4S/c1-24-11-17(21)20-9-8-12-2-5-14(10-16(12)20)19-25(22,23)15-6-3-13(18)4-7-15/h2-7,10,19H,8-9,11H2,1H3. The molecule has 0 unspecified atom stereocenters. The summed E-state index contributed by atoms with van der Waals surface area (Å²) in [6.07, 6.45) is 0.731. The van der Waals surface area contributed by atoms with Crippen molar-refractivity contribution in [2.75, 3.05) is 29.9 Å². The van der Waals surface area contributed by atoms with Gasteiger partial charge in [0.15, 0.2) is 0 Å². The van der Waals surface area contributed by atoms with E-state index in [9.17, 15) is 13.2 Å². The lowest BCUT2D eigenvalue weighted by atomic mass is 10.1. The molecule has 2 aromatic carbocycles. The molecule has 6 nitrogen and oxygen atoms in total. The summed E-state index contributed by atoms with van der Waals surface area (Å²) in [6, 6.07) is 11.1. The van der Waals surface area contributed by atoms with E-state index < -0.39 is 10.0 Å². The summed E-state index contributed by atoms with van der Waals surface area (Å²) in [4.78, 5) is 13.8. The maximum Gasteiger partial charge on any atom is 0.261 e. The summed E-state index contributed by atoms with van der Waals surface area (Å²) >= 11 is 5.79. The van der Waals surface area contributed by atoms with Gasteiger partial charge in [0, 0.05) is 24.4 Å². The van der Waals surface area contributed by atoms with Gasteiger partial charge in [-0.2, -0.15) is 0 Å². The van der Waals surface area contributed by atoms with Crippen LogP contribution in [-0.2, 0) is 26.0 Å². The number of nitrogens with one attached hydrogen (secondary N) is 1. The summed E-state index contributed by atoms with van der Waals surface area (Å²) in [5.41, 5.74) is 2.10. The number of carbonyl (C=O) groups is 1. The van der Waals surface area contributed by atoms with Crippen molar-refractivity contribution in [2.24, 2.45) is 0 Å². The van der Waals surface area contributed by atoms with Crippen molar-refractivity contribution < 1.29 is 17.9 Å². The highest BCUT2D eigenvalue weighted by molar-refractivity contribution is 7.92. The van der Waals surface area contributed by atoms with Crippen molar-refractivity contribution in [1.82, 2.24) is 0 Å². The Hall–Kier alpha value is -2.09. The monoisotopic (exact) mass is 380 g/mol. The van der Waals surface area contributed by atoms with Crippen LogP contribution in [0.5, 0.6) is 0 Å². The number of rotatable bonds is 5. The topological polar surface area (TPSA) is 75.7 Å². The Morgan fingerprint density at radius 1 is 1.24 bits per heavy atom. The molecule has 0 atom stereocenters. The number of anilines is 2. The molecule has 0 saturated heterocycles. The average molecular weight is 381 g/mol. The number of benzene rings is 2. The molecule has 2 aromatic rings. The molecule has 0 aromatic heterocycles. The molecule has 0 spiro atoms. The second-order valence-electron chi connectivity index (χ2n) is 5.63. The molecule has 8 heteroatoms. The van der Waals surface area contributed by atoms with E-state index in [-0.39, 0.29) is 17.4 Å². The molecule has 1 amide bonds. The molecule has 1 aliphatic heterocycles. The number of hydrogen-bond donors (Lipinski definition) is 1. The zero-order valence-corrected chi connectivity index (χ0v) is 15.1. The summed E-state index contributed by atoms with van der Waals surface area (Å²) in [5, 5.41) is 0.462. The number of methoxy groups -OCH3 is 1. The van der Waals surface area contributed by atoms with Crippen LogP contribution in [-0.4, -0.2) is 34.6 Å². The minimum absolute atomic E-state index is 0.0137. The van der Waals surface area contributed by atoms with Gasteiger partial charge in [0.2, 0.25) is 0 Å². The second kappa shape index (κ2) is 7.03. The van der Waals surface area contributed by atoms with Crippen molar-refractivity contribution in [3.63, 3.8) is 0 Å². The van der Waals surface area contributed by atoms with E-state index in [0.717, 1.165) is 12.0 Å². The summed E-state index contributed by atoms with van der Waals surface area (Å²) < 4.78 is 32.4.